The zero-order valence-electron chi connectivity index (χ0n) is 27.8. The molecule has 0 unspecified atom stereocenters. The molecule has 3 aromatic rings. The molecule has 0 atom stereocenters. The van der Waals surface area contributed by atoms with Gasteiger partial charge in [-0.15, -0.1) is 0 Å². The Labute approximate surface area is 266 Å². The van der Waals surface area contributed by atoms with Gasteiger partial charge in [-0.3, -0.25) is 0 Å². The number of hydrogen-bond donors (Lipinski definition) is 1. The predicted octanol–water partition coefficient (Wildman–Crippen LogP) is 7.74. The lowest BCUT2D eigenvalue weighted by molar-refractivity contribution is 0.0447. The van der Waals surface area contributed by atoms with E-state index in [4.69, 9.17) is 18.9 Å². The Morgan fingerprint density at radius 2 is 1.27 bits per heavy atom. The maximum atomic E-state index is 12.4. The van der Waals surface area contributed by atoms with E-state index < -0.39 is 8.32 Å². The second-order valence-electron chi connectivity index (χ2n) is 12.2. The van der Waals surface area contributed by atoms with Gasteiger partial charge in [-0.2, -0.15) is 0 Å². The number of methoxy groups -OCH3 is 2. The largest absolute Gasteiger partial charge is 0.467 e. The number of allylic oxidation sites excluding steroid dienone is 4. The molecule has 0 fully saturated rings. The quantitative estimate of drug-likeness (QED) is 0.0900. The lowest BCUT2D eigenvalue weighted by Gasteiger charge is -2.41. The van der Waals surface area contributed by atoms with Crippen molar-refractivity contribution in [2.45, 2.75) is 78.2 Å². The SMILES string of the molecule is CCc1cc(OCOC)c(C/C=C(\C)CC/C=C(\C)CCC(C)(C)[Si](O)(c2ccccc2)c2ccccc2)c(OCOC)c1. The van der Waals surface area contributed by atoms with Crippen molar-refractivity contribution < 1.29 is 23.7 Å². The summed E-state index contributed by atoms with van der Waals surface area (Å²) in [6.07, 6.45) is 10.0. The molecule has 0 aliphatic rings. The zero-order chi connectivity index (χ0) is 32.0. The molecule has 3 aromatic carbocycles. The minimum Gasteiger partial charge on any atom is -0.467 e. The molecule has 0 aliphatic heterocycles. The van der Waals surface area contributed by atoms with Gasteiger partial charge in [0.15, 0.2) is 13.6 Å². The summed E-state index contributed by atoms with van der Waals surface area (Å²) < 4.78 is 22.2. The van der Waals surface area contributed by atoms with Crippen molar-refractivity contribution in [3.63, 3.8) is 0 Å². The number of rotatable bonds is 18. The van der Waals surface area contributed by atoms with E-state index in [0.717, 1.165) is 65.1 Å². The third kappa shape index (κ3) is 9.42. The van der Waals surface area contributed by atoms with Crippen LogP contribution in [0.25, 0.3) is 0 Å². The Hall–Kier alpha value is -3.16. The topological polar surface area (TPSA) is 57.2 Å². The van der Waals surface area contributed by atoms with Crippen LogP contribution in [0.2, 0.25) is 5.04 Å². The lowest BCUT2D eigenvalue weighted by Crippen LogP contribution is -2.65. The molecular formula is C38H52O5Si. The highest BCUT2D eigenvalue weighted by Crippen LogP contribution is 2.41. The van der Waals surface area contributed by atoms with Gasteiger partial charge in [0.2, 0.25) is 0 Å². The fourth-order valence-corrected chi connectivity index (χ4v) is 9.34. The van der Waals surface area contributed by atoms with Crippen LogP contribution in [0.15, 0.2) is 96.1 Å². The summed E-state index contributed by atoms with van der Waals surface area (Å²) in [6.45, 7) is 11.4. The van der Waals surface area contributed by atoms with Gasteiger partial charge in [0.05, 0.1) is 0 Å². The van der Waals surface area contributed by atoms with Crippen molar-refractivity contribution >= 4 is 18.7 Å². The van der Waals surface area contributed by atoms with E-state index in [9.17, 15) is 4.80 Å². The van der Waals surface area contributed by atoms with E-state index in [1.54, 1.807) is 14.2 Å². The van der Waals surface area contributed by atoms with E-state index >= 15 is 0 Å². The Morgan fingerprint density at radius 1 is 0.773 bits per heavy atom. The highest BCUT2D eigenvalue weighted by Gasteiger charge is 2.49. The average molecular weight is 617 g/mol. The predicted molar refractivity (Wildman–Crippen MR) is 185 cm³/mol. The standard InChI is InChI=1S/C38H52O5Si/c1-8-32-26-36(42-28-40-6)35(37(27-32)43-29-41-7)23-22-30(2)16-15-17-31(3)24-25-38(4,5)44(39,33-18-11-9-12-19-33)34-20-13-10-14-21-34/h9-14,17-22,26-27,39H,8,15-16,23-25,28-29H2,1-7H3/b30-22+,31-17+. The minimum absolute atomic E-state index is 0.185. The first kappa shape index (κ1) is 35.3. The number of ether oxygens (including phenoxy) is 4. The molecule has 44 heavy (non-hydrogen) atoms. The van der Waals surface area contributed by atoms with E-state index in [-0.39, 0.29) is 18.6 Å². The van der Waals surface area contributed by atoms with Gasteiger partial charge >= 0.3 is 0 Å². The van der Waals surface area contributed by atoms with Crippen LogP contribution in [0, 0.1) is 0 Å². The first-order valence-corrected chi connectivity index (χ1v) is 17.6. The van der Waals surface area contributed by atoms with Gasteiger partial charge in [0.25, 0.3) is 8.32 Å². The Kier molecular flexibility index (Phi) is 13.9. The molecule has 0 saturated heterocycles. The Balaban J connectivity index is 1.67. The molecule has 238 valence electrons. The zero-order valence-corrected chi connectivity index (χ0v) is 28.8. The summed E-state index contributed by atoms with van der Waals surface area (Å²) in [5.74, 6) is 1.57. The van der Waals surface area contributed by atoms with Crippen molar-refractivity contribution in [2.24, 2.45) is 0 Å². The molecule has 0 aromatic heterocycles. The van der Waals surface area contributed by atoms with Crippen LogP contribution < -0.4 is 19.8 Å². The Morgan fingerprint density at radius 3 is 1.75 bits per heavy atom. The summed E-state index contributed by atoms with van der Waals surface area (Å²) in [4.78, 5) is 12.4. The van der Waals surface area contributed by atoms with E-state index in [1.165, 1.54) is 11.1 Å². The van der Waals surface area contributed by atoms with E-state index in [0.29, 0.717) is 6.42 Å². The normalized spacial score (nSPS) is 12.8. The lowest BCUT2D eigenvalue weighted by atomic mass is 10.00. The van der Waals surface area contributed by atoms with Gasteiger partial charge in [0, 0.05) is 19.8 Å². The van der Waals surface area contributed by atoms with Crippen LogP contribution in [0.4, 0.5) is 0 Å². The second kappa shape index (κ2) is 17.4. The van der Waals surface area contributed by atoms with Crippen molar-refractivity contribution in [3.8, 4) is 11.5 Å². The van der Waals surface area contributed by atoms with Crippen LogP contribution >= 0.6 is 0 Å². The van der Waals surface area contributed by atoms with Crippen LogP contribution in [-0.2, 0) is 22.3 Å². The second-order valence-corrected chi connectivity index (χ2v) is 16.1. The van der Waals surface area contributed by atoms with Gasteiger partial charge in [-0.25, -0.2) is 0 Å². The molecular weight excluding hydrogens is 564 g/mol. The highest BCUT2D eigenvalue weighted by atomic mass is 28.4. The fraction of sp³-hybridized carbons (Fsp3) is 0.421. The highest BCUT2D eigenvalue weighted by molar-refractivity contribution is 6.98. The molecule has 3 rings (SSSR count). The van der Waals surface area contributed by atoms with E-state index in [1.807, 2.05) is 36.4 Å². The minimum atomic E-state index is -2.99. The van der Waals surface area contributed by atoms with Crippen LogP contribution in [0.5, 0.6) is 11.5 Å². The first-order valence-electron chi connectivity index (χ1n) is 15.7. The maximum Gasteiger partial charge on any atom is 0.258 e. The monoisotopic (exact) mass is 616 g/mol. The summed E-state index contributed by atoms with van der Waals surface area (Å²) >= 11 is 0. The summed E-state index contributed by atoms with van der Waals surface area (Å²) in [5, 5.41) is 1.88. The maximum absolute atomic E-state index is 12.4. The molecule has 0 amide bonds. The van der Waals surface area contributed by atoms with Crippen molar-refractivity contribution in [1.29, 1.82) is 0 Å². The van der Waals surface area contributed by atoms with Crippen LogP contribution in [-0.4, -0.2) is 40.9 Å². The smallest absolute Gasteiger partial charge is 0.258 e. The molecule has 5 nitrogen and oxygen atoms in total. The van der Waals surface area contributed by atoms with E-state index in [2.05, 4.69) is 83.2 Å². The van der Waals surface area contributed by atoms with Crippen molar-refractivity contribution in [1.82, 2.24) is 0 Å². The summed E-state index contributed by atoms with van der Waals surface area (Å²) in [5.41, 5.74) is 4.82. The van der Waals surface area contributed by atoms with Crippen molar-refractivity contribution in [3.05, 3.63) is 107 Å². The molecule has 0 radical (unpaired) electrons. The fourth-order valence-electron chi connectivity index (χ4n) is 5.61. The molecule has 0 spiro atoms. The van der Waals surface area contributed by atoms with Gasteiger partial charge in [-0.05, 0) is 85.5 Å². The molecule has 0 aliphatic carbocycles. The van der Waals surface area contributed by atoms with Gasteiger partial charge in [0.1, 0.15) is 11.5 Å². The number of aryl methyl sites for hydroxylation is 1. The average Bonchev–Trinajstić information content (AvgIpc) is 3.04. The third-order valence-corrected chi connectivity index (χ3v) is 13.0. The van der Waals surface area contributed by atoms with Crippen molar-refractivity contribution in [2.75, 3.05) is 27.8 Å². The van der Waals surface area contributed by atoms with Crippen LogP contribution in [0.1, 0.15) is 71.4 Å². The van der Waals surface area contributed by atoms with Gasteiger partial charge in [-0.1, -0.05) is 105 Å². The number of benzene rings is 3. The third-order valence-electron chi connectivity index (χ3n) is 8.49. The first-order chi connectivity index (χ1) is 21.2. The molecule has 0 saturated carbocycles. The van der Waals surface area contributed by atoms with Crippen LogP contribution in [0.3, 0.4) is 0 Å². The van der Waals surface area contributed by atoms with Gasteiger partial charge < -0.3 is 23.7 Å². The molecule has 6 heteroatoms. The Bertz CT molecular complexity index is 1280. The molecule has 0 bridgehead atoms. The number of hydrogen-bond acceptors (Lipinski definition) is 5. The molecule has 1 N–H and O–H groups in total. The summed E-state index contributed by atoms with van der Waals surface area (Å²) in [7, 11) is 0.258. The summed E-state index contributed by atoms with van der Waals surface area (Å²) in [6, 6.07) is 24.7. The molecule has 0 heterocycles.